The molecule has 0 N–H and O–H groups in total. The van der Waals surface area contributed by atoms with Crippen molar-refractivity contribution in [3.63, 3.8) is 0 Å². The first-order valence-electron chi connectivity index (χ1n) is 8.51. The van der Waals surface area contributed by atoms with Gasteiger partial charge in [0, 0.05) is 25.0 Å². The van der Waals surface area contributed by atoms with Crippen molar-refractivity contribution in [1.82, 2.24) is 0 Å². The second kappa shape index (κ2) is 9.01. The zero-order chi connectivity index (χ0) is 18.2. The van der Waals surface area contributed by atoms with Crippen molar-refractivity contribution in [2.75, 3.05) is 44.9 Å². The van der Waals surface area contributed by atoms with Crippen LogP contribution < -0.4 is 9.64 Å². The van der Waals surface area contributed by atoms with Crippen LogP contribution in [0, 0.1) is 0 Å². The molecule has 2 aromatic carbocycles. The number of carbonyl (C=O) groups is 1. The van der Waals surface area contributed by atoms with E-state index in [1.807, 2.05) is 24.3 Å². The highest BCUT2D eigenvalue weighted by Crippen LogP contribution is 2.21. The Morgan fingerprint density at radius 1 is 1.12 bits per heavy atom. The summed E-state index contributed by atoms with van der Waals surface area (Å²) in [4.78, 5) is 17.9. The number of carbonyl (C=O) groups excluding carboxylic acids is 1. The molecule has 1 heterocycles. The Hall–Kier alpha value is -2.86. The third-order valence-corrected chi connectivity index (χ3v) is 4.05. The largest absolute Gasteiger partial charge is 0.482 e. The number of ether oxygens (including phenoxy) is 3. The van der Waals surface area contributed by atoms with Crippen LogP contribution in [0.1, 0.15) is 5.56 Å². The molecule has 0 aliphatic carbocycles. The molecule has 26 heavy (non-hydrogen) atoms. The van der Waals surface area contributed by atoms with Crippen molar-refractivity contribution in [2.45, 2.75) is 0 Å². The highest BCUT2D eigenvalue weighted by Gasteiger charge is 2.10. The third-order valence-electron chi connectivity index (χ3n) is 4.05. The quantitative estimate of drug-likeness (QED) is 0.590. The second-order valence-corrected chi connectivity index (χ2v) is 5.81. The maximum atomic E-state index is 11.1. The van der Waals surface area contributed by atoms with Crippen molar-refractivity contribution < 1.29 is 19.0 Å². The molecule has 0 unspecified atom stereocenters. The van der Waals surface area contributed by atoms with Crippen LogP contribution >= 0.6 is 0 Å². The molecule has 0 spiro atoms. The smallest absolute Gasteiger partial charge is 0.343 e. The van der Waals surface area contributed by atoms with Gasteiger partial charge in [0.1, 0.15) is 5.75 Å². The topological polar surface area (TPSA) is 60.4 Å². The number of benzene rings is 2. The summed E-state index contributed by atoms with van der Waals surface area (Å²) in [5, 5.41) is 0. The van der Waals surface area contributed by atoms with Gasteiger partial charge in [-0.1, -0.05) is 0 Å². The number of nitrogens with zero attached hydrogens (tertiary/aromatic N) is 2. The second-order valence-electron chi connectivity index (χ2n) is 5.81. The van der Waals surface area contributed by atoms with E-state index in [0.29, 0.717) is 5.75 Å². The van der Waals surface area contributed by atoms with E-state index < -0.39 is 5.97 Å². The summed E-state index contributed by atoms with van der Waals surface area (Å²) >= 11 is 0. The average molecular weight is 354 g/mol. The van der Waals surface area contributed by atoms with E-state index in [2.05, 4.69) is 26.8 Å². The first kappa shape index (κ1) is 17.9. The molecule has 1 aliphatic rings. The zero-order valence-electron chi connectivity index (χ0n) is 14.8. The van der Waals surface area contributed by atoms with Crippen LogP contribution in [0.15, 0.2) is 53.5 Å². The molecule has 0 radical (unpaired) electrons. The summed E-state index contributed by atoms with van der Waals surface area (Å²) in [5.74, 6) is 0.207. The minimum Gasteiger partial charge on any atom is -0.482 e. The molecule has 0 bridgehead atoms. The number of aliphatic imine (C=N–C) groups is 1. The van der Waals surface area contributed by atoms with Crippen LogP contribution in [-0.2, 0) is 14.3 Å². The average Bonchev–Trinajstić information content (AvgIpc) is 2.72. The number of esters is 1. The van der Waals surface area contributed by atoms with Gasteiger partial charge in [-0.3, -0.25) is 4.99 Å². The van der Waals surface area contributed by atoms with Gasteiger partial charge in [0.05, 0.1) is 26.0 Å². The summed E-state index contributed by atoms with van der Waals surface area (Å²) in [5.41, 5.74) is 3.04. The summed E-state index contributed by atoms with van der Waals surface area (Å²) in [6.07, 6.45) is 1.80. The van der Waals surface area contributed by atoms with Gasteiger partial charge in [0.15, 0.2) is 6.61 Å². The molecule has 6 heteroatoms. The number of hydrogen-bond acceptors (Lipinski definition) is 6. The fraction of sp³-hybridized carbons (Fsp3) is 0.300. The number of morpholine rings is 1. The van der Waals surface area contributed by atoms with E-state index in [1.54, 1.807) is 18.3 Å². The molecule has 0 aromatic heterocycles. The monoisotopic (exact) mass is 354 g/mol. The Morgan fingerprint density at radius 3 is 2.46 bits per heavy atom. The molecular formula is C20H22N2O4. The highest BCUT2D eigenvalue weighted by atomic mass is 16.6. The molecule has 1 fully saturated rings. The van der Waals surface area contributed by atoms with Crippen LogP contribution in [0.4, 0.5) is 11.4 Å². The number of hydrogen-bond donors (Lipinski definition) is 0. The minimum atomic E-state index is -0.406. The van der Waals surface area contributed by atoms with Crippen molar-refractivity contribution >= 4 is 23.6 Å². The van der Waals surface area contributed by atoms with E-state index in [1.165, 1.54) is 12.8 Å². The first-order chi connectivity index (χ1) is 12.7. The zero-order valence-corrected chi connectivity index (χ0v) is 14.8. The molecule has 0 amide bonds. The molecule has 6 nitrogen and oxygen atoms in total. The standard InChI is InChI=1S/C20H22N2O4/c1-24-20(23)15-26-19-8-2-16(3-9-19)14-21-17-4-6-18(7-5-17)22-10-12-25-13-11-22/h2-9,14H,10-13,15H2,1H3. The van der Waals surface area contributed by atoms with Crippen LogP contribution in [0.5, 0.6) is 5.75 Å². The Labute approximate surface area is 153 Å². The van der Waals surface area contributed by atoms with Gasteiger partial charge in [-0.25, -0.2) is 4.79 Å². The van der Waals surface area contributed by atoms with Crippen LogP contribution in [-0.4, -0.2) is 52.2 Å². The summed E-state index contributed by atoms with van der Waals surface area (Å²) in [7, 11) is 1.33. The molecule has 0 atom stereocenters. The minimum absolute atomic E-state index is 0.0978. The van der Waals surface area contributed by atoms with Gasteiger partial charge in [-0.2, -0.15) is 0 Å². The number of methoxy groups -OCH3 is 1. The Bertz CT molecular complexity index is 735. The fourth-order valence-electron chi connectivity index (χ4n) is 2.57. The van der Waals surface area contributed by atoms with Crippen molar-refractivity contribution in [3.8, 4) is 5.75 Å². The van der Waals surface area contributed by atoms with Gasteiger partial charge in [0.2, 0.25) is 0 Å². The lowest BCUT2D eigenvalue weighted by atomic mass is 10.2. The SMILES string of the molecule is COC(=O)COc1ccc(C=Nc2ccc(N3CCOCC3)cc2)cc1. The lowest BCUT2D eigenvalue weighted by Crippen LogP contribution is -2.36. The van der Waals surface area contributed by atoms with E-state index in [9.17, 15) is 4.79 Å². The van der Waals surface area contributed by atoms with Gasteiger partial charge < -0.3 is 19.1 Å². The number of anilines is 1. The molecule has 3 rings (SSSR count). The van der Waals surface area contributed by atoms with E-state index in [4.69, 9.17) is 9.47 Å². The van der Waals surface area contributed by atoms with E-state index in [-0.39, 0.29) is 6.61 Å². The van der Waals surface area contributed by atoms with Crippen molar-refractivity contribution in [3.05, 3.63) is 54.1 Å². The number of rotatable bonds is 6. The maximum absolute atomic E-state index is 11.1. The van der Waals surface area contributed by atoms with E-state index in [0.717, 1.165) is 37.6 Å². The van der Waals surface area contributed by atoms with Gasteiger partial charge >= 0.3 is 5.97 Å². The molecular weight excluding hydrogens is 332 g/mol. The van der Waals surface area contributed by atoms with Crippen molar-refractivity contribution in [2.24, 2.45) is 4.99 Å². The molecule has 2 aromatic rings. The molecule has 136 valence electrons. The summed E-state index contributed by atoms with van der Waals surface area (Å²) in [6.45, 7) is 3.30. The fourth-order valence-corrected chi connectivity index (χ4v) is 2.57. The normalized spacial score (nSPS) is 14.4. The third kappa shape index (κ3) is 5.07. The predicted molar refractivity (Wildman–Crippen MR) is 101 cm³/mol. The van der Waals surface area contributed by atoms with Gasteiger partial charge in [-0.05, 0) is 54.1 Å². The lowest BCUT2D eigenvalue weighted by molar-refractivity contribution is -0.142. The van der Waals surface area contributed by atoms with Crippen LogP contribution in [0.25, 0.3) is 0 Å². The van der Waals surface area contributed by atoms with Crippen LogP contribution in [0.3, 0.4) is 0 Å². The molecule has 1 saturated heterocycles. The van der Waals surface area contributed by atoms with Crippen molar-refractivity contribution in [1.29, 1.82) is 0 Å². The highest BCUT2D eigenvalue weighted by molar-refractivity contribution is 5.82. The lowest BCUT2D eigenvalue weighted by Gasteiger charge is -2.28. The molecule has 0 saturated carbocycles. The van der Waals surface area contributed by atoms with Gasteiger partial charge in [-0.15, -0.1) is 0 Å². The Kier molecular flexibility index (Phi) is 6.22. The predicted octanol–water partition coefficient (Wildman–Crippen LogP) is 2.83. The molecule has 1 aliphatic heterocycles. The van der Waals surface area contributed by atoms with Crippen LogP contribution in [0.2, 0.25) is 0 Å². The summed E-state index contributed by atoms with van der Waals surface area (Å²) < 4.78 is 15.2. The van der Waals surface area contributed by atoms with Gasteiger partial charge in [0.25, 0.3) is 0 Å². The Morgan fingerprint density at radius 2 is 1.81 bits per heavy atom. The van der Waals surface area contributed by atoms with E-state index >= 15 is 0 Å². The first-order valence-corrected chi connectivity index (χ1v) is 8.51. The Balaban J connectivity index is 1.56. The maximum Gasteiger partial charge on any atom is 0.343 e. The summed E-state index contributed by atoms with van der Waals surface area (Å²) in [6, 6.07) is 15.6.